The van der Waals surface area contributed by atoms with E-state index in [1.54, 1.807) is 0 Å². The van der Waals surface area contributed by atoms with Gasteiger partial charge in [-0.1, -0.05) is 31.7 Å². The van der Waals surface area contributed by atoms with E-state index in [2.05, 4.69) is 5.32 Å². The summed E-state index contributed by atoms with van der Waals surface area (Å²) >= 11 is 6.54. The zero-order valence-corrected chi connectivity index (χ0v) is 12.3. The van der Waals surface area contributed by atoms with Crippen LogP contribution in [0.2, 0.25) is 0 Å². The molecule has 0 radical (unpaired) electrons. The Bertz CT molecular complexity index is 497. The lowest BCUT2D eigenvalue weighted by atomic mass is 9.96. The summed E-state index contributed by atoms with van der Waals surface area (Å²) < 4.78 is 5.56. The van der Waals surface area contributed by atoms with Crippen LogP contribution in [-0.4, -0.2) is 19.1 Å². The molecule has 1 aromatic carbocycles. The fraction of sp³-hybridized carbons (Fsp3) is 0.562. The normalized spacial score (nSPS) is 20.8. The predicted octanol–water partition coefficient (Wildman–Crippen LogP) is 3.67. The number of amides is 1. The van der Waals surface area contributed by atoms with Crippen molar-refractivity contribution in [1.82, 2.24) is 5.32 Å². The first kappa shape index (κ1) is 13.7. The van der Waals surface area contributed by atoms with E-state index in [0.29, 0.717) is 24.5 Å². The SMILES string of the molecule is O=C1NCCOc2ccc(C(Cl)CC3CCCC3)cc21. The van der Waals surface area contributed by atoms with Gasteiger partial charge in [0.05, 0.1) is 17.5 Å². The predicted molar refractivity (Wildman–Crippen MR) is 79.4 cm³/mol. The molecule has 1 fully saturated rings. The van der Waals surface area contributed by atoms with Gasteiger partial charge >= 0.3 is 0 Å². The van der Waals surface area contributed by atoms with Gasteiger partial charge in [-0.15, -0.1) is 11.6 Å². The smallest absolute Gasteiger partial charge is 0.255 e. The minimum Gasteiger partial charge on any atom is -0.491 e. The van der Waals surface area contributed by atoms with Gasteiger partial charge in [0.25, 0.3) is 5.91 Å². The highest BCUT2D eigenvalue weighted by Crippen LogP contribution is 2.37. The van der Waals surface area contributed by atoms with Crippen molar-refractivity contribution in [2.75, 3.05) is 13.2 Å². The summed E-state index contributed by atoms with van der Waals surface area (Å²) in [6.45, 7) is 1.07. The third kappa shape index (κ3) is 2.93. The Morgan fingerprint density at radius 1 is 1.35 bits per heavy atom. The molecule has 3 nitrogen and oxygen atoms in total. The van der Waals surface area contributed by atoms with Crippen molar-refractivity contribution < 1.29 is 9.53 Å². The van der Waals surface area contributed by atoms with E-state index in [4.69, 9.17) is 16.3 Å². The minimum atomic E-state index is -0.0657. The summed E-state index contributed by atoms with van der Waals surface area (Å²) in [4.78, 5) is 12.0. The summed E-state index contributed by atoms with van der Waals surface area (Å²) in [7, 11) is 0. The Hall–Kier alpha value is -1.22. The van der Waals surface area contributed by atoms with Crippen molar-refractivity contribution in [3.8, 4) is 5.75 Å². The minimum absolute atomic E-state index is 0.0144. The second kappa shape index (κ2) is 6.04. The average Bonchev–Trinajstić information content (AvgIpc) is 2.89. The van der Waals surface area contributed by atoms with E-state index < -0.39 is 0 Å². The van der Waals surface area contributed by atoms with Crippen LogP contribution in [0.5, 0.6) is 5.75 Å². The summed E-state index contributed by atoms with van der Waals surface area (Å²) in [5.74, 6) is 1.33. The van der Waals surface area contributed by atoms with Gasteiger partial charge in [0.2, 0.25) is 0 Å². The summed E-state index contributed by atoms with van der Waals surface area (Å²) in [6, 6.07) is 5.76. The average molecular weight is 294 g/mol. The zero-order valence-electron chi connectivity index (χ0n) is 11.5. The second-order valence-electron chi connectivity index (χ2n) is 5.71. The van der Waals surface area contributed by atoms with Crippen molar-refractivity contribution in [2.24, 2.45) is 5.92 Å². The topological polar surface area (TPSA) is 38.3 Å². The number of hydrogen-bond donors (Lipinski definition) is 1. The van der Waals surface area contributed by atoms with Crippen molar-refractivity contribution in [3.63, 3.8) is 0 Å². The van der Waals surface area contributed by atoms with E-state index in [-0.39, 0.29) is 11.3 Å². The zero-order chi connectivity index (χ0) is 13.9. The monoisotopic (exact) mass is 293 g/mol. The molecule has 1 atom stereocenters. The third-order valence-corrected chi connectivity index (χ3v) is 4.70. The Morgan fingerprint density at radius 2 is 2.15 bits per heavy atom. The third-order valence-electron chi connectivity index (χ3n) is 4.27. The second-order valence-corrected chi connectivity index (χ2v) is 6.24. The molecule has 1 heterocycles. The van der Waals surface area contributed by atoms with Crippen LogP contribution in [0.25, 0.3) is 0 Å². The Morgan fingerprint density at radius 3 is 2.95 bits per heavy atom. The summed E-state index contributed by atoms with van der Waals surface area (Å²) in [5.41, 5.74) is 1.63. The van der Waals surface area contributed by atoms with Gasteiger partial charge in [0, 0.05) is 0 Å². The largest absolute Gasteiger partial charge is 0.491 e. The quantitative estimate of drug-likeness (QED) is 0.864. The van der Waals surface area contributed by atoms with Crippen molar-refractivity contribution in [2.45, 2.75) is 37.5 Å². The molecule has 1 saturated carbocycles. The number of halogens is 1. The van der Waals surface area contributed by atoms with Crippen LogP contribution in [0.1, 0.15) is 53.4 Å². The highest BCUT2D eigenvalue weighted by molar-refractivity contribution is 6.20. The maximum atomic E-state index is 12.0. The number of ether oxygens (including phenoxy) is 1. The Kier molecular flexibility index (Phi) is 4.16. The molecule has 0 aromatic heterocycles. The number of nitrogens with one attached hydrogen (secondary N) is 1. The first-order valence-electron chi connectivity index (χ1n) is 7.43. The van der Waals surface area contributed by atoms with E-state index in [1.807, 2.05) is 18.2 Å². The van der Waals surface area contributed by atoms with Crippen LogP contribution in [0.3, 0.4) is 0 Å². The maximum Gasteiger partial charge on any atom is 0.255 e. The van der Waals surface area contributed by atoms with Gasteiger partial charge < -0.3 is 10.1 Å². The molecule has 1 N–H and O–H groups in total. The lowest BCUT2D eigenvalue weighted by molar-refractivity contribution is 0.0957. The molecule has 1 amide bonds. The Balaban J connectivity index is 1.78. The lowest BCUT2D eigenvalue weighted by Crippen LogP contribution is -2.24. The van der Waals surface area contributed by atoms with Crippen LogP contribution in [0, 0.1) is 5.92 Å². The molecular formula is C16H20ClNO2. The molecule has 3 rings (SSSR count). The molecule has 1 aliphatic heterocycles. The maximum absolute atomic E-state index is 12.0. The summed E-state index contributed by atoms with van der Waals surface area (Å²) in [5, 5.41) is 2.82. The first-order chi connectivity index (χ1) is 9.74. The van der Waals surface area contributed by atoms with Crippen LogP contribution >= 0.6 is 11.6 Å². The Labute approximate surface area is 124 Å². The fourth-order valence-corrected chi connectivity index (χ4v) is 3.53. The lowest BCUT2D eigenvalue weighted by Gasteiger charge is -2.16. The molecular weight excluding hydrogens is 274 g/mol. The molecule has 0 bridgehead atoms. The van der Waals surface area contributed by atoms with E-state index in [9.17, 15) is 4.79 Å². The van der Waals surface area contributed by atoms with Crippen LogP contribution in [-0.2, 0) is 0 Å². The van der Waals surface area contributed by atoms with E-state index in [0.717, 1.165) is 17.9 Å². The van der Waals surface area contributed by atoms with Gasteiger partial charge in [-0.3, -0.25) is 4.79 Å². The molecule has 1 aliphatic carbocycles. The molecule has 108 valence electrons. The number of fused-ring (bicyclic) bond motifs is 1. The molecule has 0 spiro atoms. The molecule has 1 aromatic rings. The highest BCUT2D eigenvalue weighted by atomic mass is 35.5. The van der Waals surface area contributed by atoms with Crippen molar-refractivity contribution in [3.05, 3.63) is 29.3 Å². The van der Waals surface area contributed by atoms with Crippen molar-refractivity contribution in [1.29, 1.82) is 0 Å². The summed E-state index contributed by atoms with van der Waals surface area (Å²) in [6.07, 6.45) is 6.24. The molecule has 4 heteroatoms. The van der Waals surface area contributed by atoms with Crippen LogP contribution < -0.4 is 10.1 Å². The number of carbonyl (C=O) groups excluding carboxylic acids is 1. The number of rotatable bonds is 3. The van der Waals surface area contributed by atoms with Gasteiger partial charge in [0.15, 0.2) is 0 Å². The van der Waals surface area contributed by atoms with Gasteiger partial charge in [-0.05, 0) is 30.0 Å². The van der Waals surface area contributed by atoms with E-state index >= 15 is 0 Å². The van der Waals surface area contributed by atoms with E-state index in [1.165, 1.54) is 25.7 Å². The van der Waals surface area contributed by atoms with Crippen LogP contribution in [0.4, 0.5) is 0 Å². The van der Waals surface area contributed by atoms with Gasteiger partial charge in [-0.2, -0.15) is 0 Å². The van der Waals surface area contributed by atoms with Crippen molar-refractivity contribution >= 4 is 17.5 Å². The standard InChI is InChI=1S/C16H20ClNO2/c17-14(9-11-3-1-2-4-11)12-5-6-15-13(10-12)16(19)18-7-8-20-15/h5-6,10-11,14H,1-4,7-9H2,(H,18,19). The number of benzene rings is 1. The number of carbonyl (C=O) groups is 1. The first-order valence-corrected chi connectivity index (χ1v) is 7.86. The number of alkyl halides is 1. The molecule has 1 unspecified atom stereocenters. The molecule has 2 aliphatic rings. The number of hydrogen-bond acceptors (Lipinski definition) is 2. The fourth-order valence-electron chi connectivity index (χ4n) is 3.14. The van der Waals surface area contributed by atoms with Gasteiger partial charge in [-0.25, -0.2) is 0 Å². The van der Waals surface area contributed by atoms with Crippen LogP contribution in [0.15, 0.2) is 18.2 Å². The molecule has 20 heavy (non-hydrogen) atoms. The molecule has 0 saturated heterocycles. The van der Waals surface area contributed by atoms with Gasteiger partial charge in [0.1, 0.15) is 12.4 Å². The highest BCUT2D eigenvalue weighted by Gasteiger charge is 2.22.